The van der Waals surface area contributed by atoms with Gasteiger partial charge in [0.05, 0.1) is 14.2 Å². The van der Waals surface area contributed by atoms with Crippen molar-refractivity contribution < 1.29 is 19.4 Å². The average Bonchev–Trinajstić information content (AvgIpc) is 2.35. The molecule has 0 unspecified atom stereocenters. The van der Waals surface area contributed by atoms with E-state index in [2.05, 4.69) is 0 Å². The van der Waals surface area contributed by atoms with Crippen LogP contribution in [0, 0.1) is 0 Å². The molecule has 0 radical (unpaired) electrons. The lowest BCUT2D eigenvalue weighted by Gasteiger charge is -2.10. The van der Waals surface area contributed by atoms with Gasteiger partial charge in [0.1, 0.15) is 17.5 Å². The van der Waals surface area contributed by atoms with Crippen LogP contribution in [0.4, 0.5) is 0 Å². The van der Waals surface area contributed by atoms with E-state index in [9.17, 15) is 4.79 Å². The maximum absolute atomic E-state index is 10.6. The van der Waals surface area contributed by atoms with Crippen LogP contribution in [0.15, 0.2) is 18.2 Å². The summed E-state index contributed by atoms with van der Waals surface area (Å²) in [6, 6.07) is 4.61. The predicted octanol–water partition coefficient (Wildman–Crippen LogP) is 1.05. The molecule has 5 nitrogen and oxygen atoms in total. The van der Waals surface area contributed by atoms with Crippen LogP contribution in [0.1, 0.15) is 12.0 Å². The Morgan fingerprint density at radius 3 is 2.24 bits per heavy atom. The van der Waals surface area contributed by atoms with Gasteiger partial charge in [-0.25, -0.2) is 0 Å². The lowest BCUT2D eigenvalue weighted by Crippen LogP contribution is -2.30. The average molecular weight is 239 g/mol. The fourth-order valence-electron chi connectivity index (χ4n) is 1.46. The molecule has 1 aromatic carbocycles. The highest BCUT2D eigenvalue weighted by Gasteiger charge is 2.11. The van der Waals surface area contributed by atoms with Gasteiger partial charge >= 0.3 is 5.97 Å². The highest BCUT2D eigenvalue weighted by Crippen LogP contribution is 2.23. The lowest BCUT2D eigenvalue weighted by molar-refractivity contribution is -0.138. The van der Waals surface area contributed by atoms with Crippen LogP contribution >= 0.6 is 0 Å². The maximum atomic E-state index is 10.6. The van der Waals surface area contributed by atoms with Crippen LogP contribution in [0.5, 0.6) is 11.5 Å². The van der Waals surface area contributed by atoms with E-state index in [4.69, 9.17) is 20.3 Å². The Balaban J connectivity index is 2.73. The summed E-state index contributed by atoms with van der Waals surface area (Å²) in [5.74, 6) is 0.381. The number of ether oxygens (including phenoxy) is 2. The monoisotopic (exact) mass is 239 g/mol. The van der Waals surface area contributed by atoms with Gasteiger partial charge in [-0.1, -0.05) is 0 Å². The number of carboxylic acid groups (broad SMARTS) is 1. The van der Waals surface area contributed by atoms with Crippen molar-refractivity contribution in [3.8, 4) is 11.5 Å². The van der Waals surface area contributed by atoms with E-state index in [0.717, 1.165) is 5.56 Å². The van der Waals surface area contributed by atoms with Crippen molar-refractivity contribution in [2.75, 3.05) is 14.2 Å². The highest BCUT2D eigenvalue weighted by atomic mass is 16.5. The first-order valence-corrected chi connectivity index (χ1v) is 5.27. The zero-order valence-electron chi connectivity index (χ0n) is 9.97. The molecule has 0 aliphatic carbocycles. The van der Waals surface area contributed by atoms with Gasteiger partial charge in [0.2, 0.25) is 0 Å². The van der Waals surface area contributed by atoms with Crippen LogP contribution in [0.2, 0.25) is 0 Å². The molecular weight excluding hydrogens is 222 g/mol. The summed E-state index contributed by atoms with van der Waals surface area (Å²) in [4.78, 5) is 10.6. The summed E-state index contributed by atoms with van der Waals surface area (Å²) in [7, 11) is 3.14. The van der Waals surface area contributed by atoms with Gasteiger partial charge in [0.25, 0.3) is 0 Å². The van der Waals surface area contributed by atoms with Gasteiger partial charge in [0, 0.05) is 6.07 Å². The second kappa shape index (κ2) is 6.10. The fraction of sp³-hybridized carbons (Fsp3) is 0.417. The molecule has 1 aromatic rings. The van der Waals surface area contributed by atoms with Gasteiger partial charge in [-0.2, -0.15) is 0 Å². The minimum Gasteiger partial charge on any atom is -0.497 e. The standard InChI is InChI=1S/C12H17NO4/c1-16-9-5-8(6-10(7-9)17-2)3-4-11(13)12(14)15/h5-7,11H,3-4,13H2,1-2H3,(H,14,15)/t11-/m0/s1. The topological polar surface area (TPSA) is 81.8 Å². The van der Waals surface area contributed by atoms with Gasteiger partial charge in [-0.05, 0) is 30.5 Å². The zero-order valence-corrected chi connectivity index (χ0v) is 9.97. The summed E-state index contributed by atoms with van der Waals surface area (Å²) in [5.41, 5.74) is 6.39. The first-order valence-electron chi connectivity index (χ1n) is 5.27. The Kier molecular flexibility index (Phi) is 4.78. The molecule has 3 N–H and O–H groups in total. The van der Waals surface area contributed by atoms with Crippen LogP contribution in [-0.4, -0.2) is 31.3 Å². The van der Waals surface area contributed by atoms with Gasteiger partial charge in [0.15, 0.2) is 0 Å². The van der Waals surface area contributed by atoms with E-state index in [0.29, 0.717) is 24.3 Å². The second-order valence-electron chi connectivity index (χ2n) is 3.70. The number of rotatable bonds is 6. The Morgan fingerprint density at radius 2 is 1.82 bits per heavy atom. The maximum Gasteiger partial charge on any atom is 0.320 e. The Labute approximate surface area is 100 Å². The van der Waals surface area contributed by atoms with Gasteiger partial charge < -0.3 is 20.3 Å². The molecular formula is C12H17NO4. The smallest absolute Gasteiger partial charge is 0.320 e. The zero-order chi connectivity index (χ0) is 12.8. The molecule has 1 atom stereocenters. The number of aliphatic carboxylic acids is 1. The summed E-state index contributed by atoms with van der Waals surface area (Å²) in [6.45, 7) is 0. The molecule has 0 spiro atoms. The molecule has 17 heavy (non-hydrogen) atoms. The van der Waals surface area contributed by atoms with Crippen molar-refractivity contribution in [3.05, 3.63) is 23.8 Å². The molecule has 0 bridgehead atoms. The van der Waals surface area contributed by atoms with Crippen LogP contribution < -0.4 is 15.2 Å². The lowest BCUT2D eigenvalue weighted by atomic mass is 10.1. The Bertz CT molecular complexity index is 370. The SMILES string of the molecule is COc1cc(CC[C@H](N)C(=O)O)cc(OC)c1. The summed E-state index contributed by atoms with van der Waals surface area (Å²) >= 11 is 0. The number of carboxylic acids is 1. The number of nitrogens with two attached hydrogens (primary N) is 1. The van der Waals surface area contributed by atoms with E-state index in [1.54, 1.807) is 20.3 Å². The summed E-state index contributed by atoms with van der Waals surface area (Å²) in [5, 5.41) is 8.69. The predicted molar refractivity (Wildman–Crippen MR) is 63.5 cm³/mol. The molecule has 5 heteroatoms. The molecule has 0 aliphatic heterocycles. The molecule has 0 saturated carbocycles. The van der Waals surface area contributed by atoms with Crippen molar-refractivity contribution in [2.24, 2.45) is 5.73 Å². The third kappa shape index (κ3) is 3.96. The largest absolute Gasteiger partial charge is 0.497 e. The van der Waals surface area contributed by atoms with E-state index in [1.165, 1.54) is 0 Å². The molecule has 1 rings (SSSR count). The van der Waals surface area contributed by atoms with E-state index in [1.807, 2.05) is 12.1 Å². The third-order valence-electron chi connectivity index (χ3n) is 2.47. The minimum atomic E-state index is -0.986. The quantitative estimate of drug-likeness (QED) is 0.775. The molecule has 0 amide bonds. The Hall–Kier alpha value is -1.75. The van der Waals surface area contributed by atoms with Crippen molar-refractivity contribution in [1.82, 2.24) is 0 Å². The van der Waals surface area contributed by atoms with Crippen molar-refractivity contribution in [2.45, 2.75) is 18.9 Å². The number of methoxy groups -OCH3 is 2. The number of hydrogen-bond acceptors (Lipinski definition) is 4. The molecule has 0 saturated heterocycles. The van der Waals surface area contributed by atoms with Crippen molar-refractivity contribution >= 4 is 5.97 Å². The van der Waals surface area contributed by atoms with Crippen molar-refractivity contribution in [1.29, 1.82) is 0 Å². The molecule has 0 heterocycles. The number of hydrogen-bond donors (Lipinski definition) is 2. The normalized spacial score (nSPS) is 11.9. The van der Waals surface area contributed by atoms with Crippen LogP contribution in [0.25, 0.3) is 0 Å². The first kappa shape index (κ1) is 13.3. The van der Waals surface area contributed by atoms with Crippen LogP contribution in [0.3, 0.4) is 0 Å². The van der Waals surface area contributed by atoms with Crippen molar-refractivity contribution in [3.63, 3.8) is 0 Å². The molecule has 0 fully saturated rings. The number of carbonyl (C=O) groups is 1. The first-order chi connectivity index (χ1) is 8.06. The second-order valence-corrected chi connectivity index (χ2v) is 3.70. The van der Waals surface area contributed by atoms with E-state index >= 15 is 0 Å². The molecule has 94 valence electrons. The molecule has 0 aromatic heterocycles. The third-order valence-corrected chi connectivity index (χ3v) is 2.47. The van der Waals surface area contributed by atoms with Gasteiger partial charge in [-0.3, -0.25) is 4.79 Å². The number of benzene rings is 1. The Morgan fingerprint density at radius 1 is 1.29 bits per heavy atom. The van der Waals surface area contributed by atoms with E-state index < -0.39 is 12.0 Å². The minimum absolute atomic E-state index is 0.381. The van der Waals surface area contributed by atoms with Gasteiger partial charge in [-0.15, -0.1) is 0 Å². The molecule has 0 aliphatic rings. The highest BCUT2D eigenvalue weighted by molar-refractivity contribution is 5.73. The number of aryl methyl sites for hydroxylation is 1. The van der Waals surface area contributed by atoms with Crippen LogP contribution in [-0.2, 0) is 11.2 Å². The fourth-order valence-corrected chi connectivity index (χ4v) is 1.46. The van der Waals surface area contributed by atoms with E-state index in [-0.39, 0.29) is 0 Å². The summed E-state index contributed by atoms with van der Waals surface area (Å²) < 4.78 is 10.2. The summed E-state index contributed by atoms with van der Waals surface area (Å²) in [6.07, 6.45) is 0.951.